The fourth-order valence-electron chi connectivity index (χ4n) is 1.89. The summed E-state index contributed by atoms with van der Waals surface area (Å²) >= 11 is 0. The van der Waals surface area contributed by atoms with Crippen LogP contribution in [0.3, 0.4) is 0 Å². The van der Waals surface area contributed by atoms with Crippen LogP contribution in [0.1, 0.15) is 39.3 Å². The van der Waals surface area contributed by atoms with E-state index in [1.807, 2.05) is 12.1 Å². The molecular formula is C14H23NO. The molecule has 0 aromatic heterocycles. The Morgan fingerprint density at radius 2 is 1.69 bits per heavy atom. The zero-order valence-electron chi connectivity index (χ0n) is 11.0. The van der Waals surface area contributed by atoms with Crippen molar-refractivity contribution >= 4 is 0 Å². The van der Waals surface area contributed by atoms with Crippen molar-refractivity contribution in [2.75, 3.05) is 13.6 Å². The molecule has 1 unspecified atom stereocenters. The Labute approximate surface area is 98.9 Å². The molecule has 0 fully saturated rings. The summed E-state index contributed by atoms with van der Waals surface area (Å²) in [5.74, 6) is 0.328. The molecule has 0 amide bonds. The Morgan fingerprint density at radius 1 is 1.19 bits per heavy atom. The molecule has 2 heteroatoms. The van der Waals surface area contributed by atoms with Gasteiger partial charge < -0.3 is 5.11 Å². The molecule has 1 aromatic carbocycles. The van der Waals surface area contributed by atoms with Gasteiger partial charge in [0.2, 0.25) is 0 Å². The van der Waals surface area contributed by atoms with Gasteiger partial charge >= 0.3 is 0 Å². The van der Waals surface area contributed by atoms with Gasteiger partial charge in [0.25, 0.3) is 0 Å². The van der Waals surface area contributed by atoms with Crippen molar-refractivity contribution in [1.29, 1.82) is 0 Å². The number of hydrogen-bond acceptors (Lipinski definition) is 2. The van der Waals surface area contributed by atoms with Crippen LogP contribution < -0.4 is 0 Å². The molecule has 2 nitrogen and oxygen atoms in total. The number of nitrogens with zero attached hydrogens (tertiary/aromatic N) is 1. The third-order valence-electron chi connectivity index (χ3n) is 2.76. The number of hydrogen-bond donors (Lipinski definition) is 1. The number of rotatable bonds is 3. The summed E-state index contributed by atoms with van der Waals surface area (Å²) in [7, 11) is 2.14. The van der Waals surface area contributed by atoms with Crippen LogP contribution in [0.5, 0.6) is 5.75 Å². The highest BCUT2D eigenvalue weighted by molar-refractivity contribution is 5.27. The lowest BCUT2D eigenvalue weighted by Gasteiger charge is -2.31. The zero-order chi connectivity index (χ0) is 12.3. The van der Waals surface area contributed by atoms with Gasteiger partial charge in [-0.05, 0) is 37.1 Å². The van der Waals surface area contributed by atoms with E-state index in [0.717, 1.165) is 6.54 Å². The fourth-order valence-corrected chi connectivity index (χ4v) is 1.89. The van der Waals surface area contributed by atoms with Crippen LogP contribution >= 0.6 is 0 Å². The van der Waals surface area contributed by atoms with Crippen LogP contribution in [0.4, 0.5) is 0 Å². The number of phenolic OH excluding ortho intramolecular Hbond substituents is 1. The maximum atomic E-state index is 9.25. The van der Waals surface area contributed by atoms with Gasteiger partial charge in [0.15, 0.2) is 0 Å². The molecule has 1 N–H and O–H groups in total. The second kappa shape index (κ2) is 4.88. The summed E-state index contributed by atoms with van der Waals surface area (Å²) in [6.45, 7) is 9.97. The van der Waals surface area contributed by atoms with Gasteiger partial charge in [-0.1, -0.05) is 32.9 Å². The SMILES string of the molecule is CC(c1ccc(O)cc1)N(C)CC(C)(C)C. The van der Waals surface area contributed by atoms with E-state index in [0.29, 0.717) is 17.2 Å². The van der Waals surface area contributed by atoms with E-state index >= 15 is 0 Å². The highest BCUT2D eigenvalue weighted by atomic mass is 16.3. The molecule has 0 saturated heterocycles. The third kappa shape index (κ3) is 3.86. The van der Waals surface area contributed by atoms with Crippen LogP contribution in [0, 0.1) is 5.41 Å². The van der Waals surface area contributed by atoms with Crippen LogP contribution in [0.25, 0.3) is 0 Å². The molecule has 0 heterocycles. The van der Waals surface area contributed by atoms with Crippen molar-refractivity contribution < 1.29 is 5.11 Å². The summed E-state index contributed by atoms with van der Waals surface area (Å²) in [5.41, 5.74) is 1.55. The van der Waals surface area contributed by atoms with E-state index in [1.165, 1.54) is 5.56 Å². The molecular weight excluding hydrogens is 198 g/mol. The molecule has 0 aliphatic carbocycles. The van der Waals surface area contributed by atoms with E-state index in [1.54, 1.807) is 12.1 Å². The molecule has 0 spiro atoms. The van der Waals surface area contributed by atoms with Crippen LogP contribution in [0.15, 0.2) is 24.3 Å². The lowest BCUT2D eigenvalue weighted by molar-refractivity contribution is 0.182. The van der Waals surface area contributed by atoms with Gasteiger partial charge in [0, 0.05) is 12.6 Å². The van der Waals surface area contributed by atoms with Gasteiger partial charge in [-0.15, -0.1) is 0 Å². The maximum absolute atomic E-state index is 9.25. The Kier molecular flexibility index (Phi) is 3.98. The van der Waals surface area contributed by atoms with E-state index in [4.69, 9.17) is 0 Å². The maximum Gasteiger partial charge on any atom is 0.115 e. The molecule has 90 valence electrons. The van der Waals surface area contributed by atoms with Crippen molar-refractivity contribution in [2.45, 2.75) is 33.7 Å². The predicted molar refractivity (Wildman–Crippen MR) is 68.6 cm³/mol. The Morgan fingerprint density at radius 3 is 2.12 bits per heavy atom. The highest BCUT2D eigenvalue weighted by Gasteiger charge is 2.18. The van der Waals surface area contributed by atoms with Gasteiger partial charge in [0.05, 0.1) is 0 Å². The first kappa shape index (κ1) is 13.0. The van der Waals surface area contributed by atoms with E-state index in [-0.39, 0.29) is 0 Å². The molecule has 1 atom stereocenters. The highest BCUT2D eigenvalue weighted by Crippen LogP contribution is 2.24. The molecule has 0 aliphatic rings. The molecule has 1 rings (SSSR count). The van der Waals surface area contributed by atoms with Crippen LogP contribution in [-0.2, 0) is 0 Å². The largest absolute Gasteiger partial charge is 0.508 e. The minimum Gasteiger partial charge on any atom is -0.508 e. The van der Waals surface area contributed by atoms with E-state index in [2.05, 4.69) is 39.6 Å². The lowest BCUT2D eigenvalue weighted by Crippen LogP contribution is -2.31. The van der Waals surface area contributed by atoms with Gasteiger partial charge in [-0.3, -0.25) is 4.90 Å². The summed E-state index contributed by atoms with van der Waals surface area (Å²) in [6, 6.07) is 7.84. The standard InChI is InChI=1S/C14H23NO/c1-11(15(5)10-14(2,3)4)12-6-8-13(16)9-7-12/h6-9,11,16H,10H2,1-5H3. The predicted octanol–water partition coefficient (Wildman–Crippen LogP) is 3.43. The van der Waals surface area contributed by atoms with Crippen molar-refractivity contribution in [1.82, 2.24) is 4.90 Å². The first-order valence-corrected chi connectivity index (χ1v) is 5.79. The number of benzene rings is 1. The monoisotopic (exact) mass is 221 g/mol. The number of aromatic hydroxyl groups is 1. The summed E-state index contributed by atoms with van der Waals surface area (Å²) in [6.07, 6.45) is 0. The third-order valence-corrected chi connectivity index (χ3v) is 2.76. The van der Waals surface area contributed by atoms with Gasteiger partial charge in [-0.25, -0.2) is 0 Å². The average Bonchev–Trinajstić information content (AvgIpc) is 2.15. The summed E-state index contributed by atoms with van der Waals surface area (Å²) < 4.78 is 0. The zero-order valence-corrected chi connectivity index (χ0v) is 11.0. The quantitative estimate of drug-likeness (QED) is 0.845. The molecule has 0 aliphatic heterocycles. The second-order valence-electron chi connectivity index (χ2n) is 5.74. The van der Waals surface area contributed by atoms with Crippen molar-refractivity contribution in [3.63, 3.8) is 0 Å². The van der Waals surface area contributed by atoms with E-state index in [9.17, 15) is 5.11 Å². The topological polar surface area (TPSA) is 23.5 Å². The Balaban J connectivity index is 2.70. The minimum absolute atomic E-state index is 0.305. The summed E-state index contributed by atoms with van der Waals surface area (Å²) in [5, 5.41) is 9.25. The Hall–Kier alpha value is -1.02. The molecule has 16 heavy (non-hydrogen) atoms. The van der Waals surface area contributed by atoms with Gasteiger partial charge in [-0.2, -0.15) is 0 Å². The minimum atomic E-state index is 0.305. The van der Waals surface area contributed by atoms with E-state index < -0.39 is 0 Å². The first-order chi connectivity index (χ1) is 7.29. The van der Waals surface area contributed by atoms with Crippen LogP contribution in [0.2, 0.25) is 0 Å². The van der Waals surface area contributed by atoms with Gasteiger partial charge in [0.1, 0.15) is 5.75 Å². The molecule has 1 aromatic rings. The number of phenols is 1. The Bertz CT molecular complexity index is 324. The smallest absolute Gasteiger partial charge is 0.115 e. The average molecular weight is 221 g/mol. The molecule has 0 saturated carbocycles. The fraction of sp³-hybridized carbons (Fsp3) is 0.571. The first-order valence-electron chi connectivity index (χ1n) is 5.79. The van der Waals surface area contributed by atoms with Crippen molar-refractivity contribution in [3.8, 4) is 5.75 Å². The van der Waals surface area contributed by atoms with Crippen molar-refractivity contribution in [3.05, 3.63) is 29.8 Å². The second-order valence-corrected chi connectivity index (χ2v) is 5.74. The van der Waals surface area contributed by atoms with Crippen molar-refractivity contribution in [2.24, 2.45) is 5.41 Å². The van der Waals surface area contributed by atoms with Crippen LogP contribution in [-0.4, -0.2) is 23.6 Å². The molecule has 0 bridgehead atoms. The summed E-state index contributed by atoms with van der Waals surface area (Å²) in [4.78, 5) is 2.34. The normalized spacial score (nSPS) is 14.1. The molecule has 0 radical (unpaired) electrons. The lowest BCUT2D eigenvalue weighted by atomic mass is 9.95.